The minimum absolute atomic E-state index is 0.0115. The van der Waals surface area contributed by atoms with Gasteiger partial charge in [-0.25, -0.2) is 0 Å². The summed E-state index contributed by atoms with van der Waals surface area (Å²) in [6.07, 6.45) is 0. The highest BCUT2D eigenvalue weighted by Crippen LogP contribution is 2.26. The van der Waals surface area contributed by atoms with Crippen LogP contribution in [0.1, 0.15) is 16.1 Å². The van der Waals surface area contributed by atoms with Gasteiger partial charge in [-0.3, -0.25) is 4.79 Å². The standard InChI is InChI=1S/C18H18N2O/c1-13-15-11-7-8-12-16(15)20(3)17(13)18(21)19(2)14-9-5-4-6-10-14/h4-12H,1-3H3. The maximum atomic E-state index is 12.9. The number of fused-ring (bicyclic) bond motifs is 1. The number of carbonyl (C=O) groups excluding carboxylic acids is 1. The molecule has 0 aliphatic rings. The molecular weight excluding hydrogens is 260 g/mol. The van der Waals surface area contributed by atoms with E-state index in [2.05, 4.69) is 6.07 Å². The van der Waals surface area contributed by atoms with Crippen LogP contribution in [-0.2, 0) is 7.05 Å². The van der Waals surface area contributed by atoms with E-state index < -0.39 is 0 Å². The van der Waals surface area contributed by atoms with E-state index in [-0.39, 0.29) is 5.91 Å². The number of nitrogens with zero attached hydrogens (tertiary/aromatic N) is 2. The molecule has 3 rings (SSSR count). The summed E-state index contributed by atoms with van der Waals surface area (Å²) in [5.74, 6) is 0.0115. The molecule has 0 bridgehead atoms. The summed E-state index contributed by atoms with van der Waals surface area (Å²) in [6, 6.07) is 17.8. The Bertz CT molecular complexity index is 764. The molecule has 1 heterocycles. The first-order valence-electron chi connectivity index (χ1n) is 6.98. The van der Waals surface area contributed by atoms with Crippen molar-refractivity contribution in [2.24, 2.45) is 7.05 Å². The van der Waals surface area contributed by atoms with Crippen molar-refractivity contribution in [1.29, 1.82) is 0 Å². The lowest BCUT2D eigenvalue weighted by atomic mass is 10.1. The average Bonchev–Trinajstić information content (AvgIpc) is 2.79. The number of aryl methyl sites for hydroxylation is 2. The third-order valence-electron chi connectivity index (χ3n) is 4.01. The summed E-state index contributed by atoms with van der Waals surface area (Å²) in [4.78, 5) is 14.6. The predicted octanol–water partition coefficient (Wildman–Crippen LogP) is 3.76. The van der Waals surface area contributed by atoms with Crippen molar-refractivity contribution in [3.63, 3.8) is 0 Å². The molecule has 0 fully saturated rings. The predicted molar refractivity (Wildman–Crippen MR) is 86.8 cm³/mol. The van der Waals surface area contributed by atoms with Gasteiger partial charge >= 0.3 is 0 Å². The molecule has 0 spiro atoms. The van der Waals surface area contributed by atoms with Crippen LogP contribution in [0.4, 0.5) is 5.69 Å². The normalized spacial score (nSPS) is 10.8. The van der Waals surface area contributed by atoms with Crippen LogP contribution < -0.4 is 4.90 Å². The third-order valence-corrected chi connectivity index (χ3v) is 4.01. The van der Waals surface area contributed by atoms with Crippen molar-refractivity contribution in [3.8, 4) is 0 Å². The highest BCUT2D eigenvalue weighted by Gasteiger charge is 2.21. The molecular formula is C18H18N2O. The Kier molecular flexibility index (Phi) is 3.26. The zero-order chi connectivity index (χ0) is 15.0. The molecule has 2 aromatic carbocycles. The summed E-state index contributed by atoms with van der Waals surface area (Å²) >= 11 is 0. The van der Waals surface area contributed by atoms with Gasteiger partial charge < -0.3 is 9.47 Å². The molecule has 0 N–H and O–H groups in total. The zero-order valence-electron chi connectivity index (χ0n) is 12.5. The van der Waals surface area contributed by atoms with Crippen molar-refractivity contribution < 1.29 is 4.79 Å². The highest BCUT2D eigenvalue weighted by molar-refractivity contribution is 6.09. The van der Waals surface area contributed by atoms with E-state index >= 15 is 0 Å². The van der Waals surface area contributed by atoms with Gasteiger partial charge in [0.05, 0.1) is 0 Å². The van der Waals surface area contributed by atoms with Gasteiger partial charge in [-0.15, -0.1) is 0 Å². The first-order chi connectivity index (χ1) is 10.1. The number of hydrogen-bond acceptors (Lipinski definition) is 1. The fraction of sp³-hybridized carbons (Fsp3) is 0.167. The van der Waals surface area contributed by atoms with Crippen molar-refractivity contribution >= 4 is 22.5 Å². The number of aromatic nitrogens is 1. The van der Waals surface area contributed by atoms with Gasteiger partial charge in [-0.1, -0.05) is 36.4 Å². The Balaban J connectivity index is 2.10. The Morgan fingerprint density at radius 2 is 1.62 bits per heavy atom. The SMILES string of the molecule is Cc1c(C(=O)N(C)c2ccccc2)n(C)c2ccccc12. The molecule has 1 aromatic heterocycles. The van der Waals surface area contributed by atoms with Crippen LogP contribution in [0, 0.1) is 6.92 Å². The van der Waals surface area contributed by atoms with Crippen LogP contribution in [0.5, 0.6) is 0 Å². The van der Waals surface area contributed by atoms with Crippen LogP contribution in [0.25, 0.3) is 10.9 Å². The Morgan fingerprint density at radius 1 is 1.00 bits per heavy atom. The van der Waals surface area contributed by atoms with Crippen molar-refractivity contribution in [2.75, 3.05) is 11.9 Å². The van der Waals surface area contributed by atoms with Crippen molar-refractivity contribution in [2.45, 2.75) is 6.92 Å². The van der Waals surface area contributed by atoms with E-state index in [1.165, 1.54) is 0 Å². The van der Waals surface area contributed by atoms with Crippen molar-refractivity contribution in [1.82, 2.24) is 4.57 Å². The fourth-order valence-corrected chi connectivity index (χ4v) is 2.81. The van der Waals surface area contributed by atoms with Gasteiger partial charge in [0.15, 0.2) is 0 Å². The first kappa shape index (κ1) is 13.4. The maximum Gasteiger partial charge on any atom is 0.274 e. The quantitative estimate of drug-likeness (QED) is 0.700. The van der Waals surface area contributed by atoms with Crippen molar-refractivity contribution in [3.05, 3.63) is 65.9 Å². The minimum Gasteiger partial charge on any atom is -0.339 e. The minimum atomic E-state index is 0.0115. The average molecular weight is 278 g/mol. The van der Waals surface area contributed by atoms with E-state index in [0.717, 1.165) is 27.8 Å². The smallest absolute Gasteiger partial charge is 0.274 e. The molecule has 0 saturated heterocycles. The van der Waals surface area contributed by atoms with Crippen LogP contribution in [-0.4, -0.2) is 17.5 Å². The summed E-state index contributed by atoms with van der Waals surface area (Å²) in [7, 11) is 3.76. The number of para-hydroxylation sites is 2. The van der Waals surface area contributed by atoms with Gasteiger partial charge in [0.1, 0.15) is 5.69 Å². The Morgan fingerprint density at radius 3 is 2.29 bits per heavy atom. The summed E-state index contributed by atoms with van der Waals surface area (Å²) in [5, 5.41) is 1.13. The Hall–Kier alpha value is -2.55. The van der Waals surface area contributed by atoms with Crippen LogP contribution in [0.3, 0.4) is 0 Å². The van der Waals surface area contributed by atoms with E-state index in [4.69, 9.17) is 0 Å². The molecule has 21 heavy (non-hydrogen) atoms. The molecule has 0 aliphatic heterocycles. The lowest BCUT2D eigenvalue weighted by molar-refractivity contribution is 0.0985. The third kappa shape index (κ3) is 2.11. The lowest BCUT2D eigenvalue weighted by Gasteiger charge is -2.18. The van der Waals surface area contributed by atoms with Crippen LogP contribution in [0.15, 0.2) is 54.6 Å². The van der Waals surface area contributed by atoms with E-state index in [1.807, 2.05) is 74.1 Å². The van der Waals surface area contributed by atoms with E-state index in [1.54, 1.807) is 4.90 Å². The highest BCUT2D eigenvalue weighted by atomic mass is 16.2. The molecule has 3 aromatic rings. The monoisotopic (exact) mass is 278 g/mol. The van der Waals surface area contributed by atoms with Gasteiger partial charge in [0, 0.05) is 30.7 Å². The molecule has 0 unspecified atom stereocenters. The number of benzene rings is 2. The van der Waals surface area contributed by atoms with Gasteiger partial charge in [0.25, 0.3) is 5.91 Å². The topological polar surface area (TPSA) is 25.2 Å². The number of anilines is 1. The number of rotatable bonds is 2. The summed E-state index contributed by atoms with van der Waals surface area (Å²) < 4.78 is 1.98. The second-order valence-electron chi connectivity index (χ2n) is 5.25. The van der Waals surface area contributed by atoms with Crippen LogP contribution >= 0.6 is 0 Å². The fourth-order valence-electron chi connectivity index (χ4n) is 2.81. The maximum absolute atomic E-state index is 12.9. The number of hydrogen-bond donors (Lipinski definition) is 0. The number of carbonyl (C=O) groups is 1. The second-order valence-corrected chi connectivity index (χ2v) is 5.25. The molecule has 0 radical (unpaired) electrons. The lowest BCUT2D eigenvalue weighted by Crippen LogP contribution is -2.28. The molecule has 3 heteroatoms. The zero-order valence-corrected chi connectivity index (χ0v) is 12.5. The van der Waals surface area contributed by atoms with E-state index in [9.17, 15) is 4.79 Å². The van der Waals surface area contributed by atoms with Gasteiger partial charge in [0.2, 0.25) is 0 Å². The molecule has 0 atom stereocenters. The molecule has 106 valence electrons. The molecule has 3 nitrogen and oxygen atoms in total. The molecule has 0 saturated carbocycles. The molecule has 1 amide bonds. The van der Waals surface area contributed by atoms with Gasteiger partial charge in [-0.2, -0.15) is 0 Å². The summed E-state index contributed by atoms with van der Waals surface area (Å²) in [5.41, 5.74) is 3.75. The molecule has 0 aliphatic carbocycles. The summed E-state index contributed by atoms with van der Waals surface area (Å²) in [6.45, 7) is 2.01. The van der Waals surface area contributed by atoms with E-state index in [0.29, 0.717) is 0 Å². The largest absolute Gasteiger partial charge is 0.339 e. The first-order valence-corrected chi connectivity index (χ1v) is 6.98. The number of amides is 1. The van der Waals surface area contributed by atoms with Gasteiger partial charge in [-0.05, 0) is 30.7 Å². The Labute approximate surface area is 124 Å². The van der Waals surface area contributed by atoms with Crippen LogP contribution in [0.2, 0.25) is 0 Å². The second kappa shape index (κ2) is 5.09.